The molecule has 20 heavy (non-hydrogen) atoms. The maximum atomic E-state index is 11.9. The second-order valence-corrected chi connectivity index (χ2v) is 3.93. The molecule has 5 nitrogen and oxygen atoms in total. The lowest BCUT2D eigenvalue weighted by molar-refractivity contribution is 0.0988. The molecule has 1 heterocycles. The van der Waals surface area contributed by atoms with E-state index in [1.54, 1.807) is 24.4 Å². The minimum Gasteiger partial charge on any atom is -0.364 e. The zero-order valence-electron chi connectivity index (χ0n) is 11.9. The maximum absolute atomic E-state index is 11.9. The van der Waals surface area contributed by atoms with Gasteiger partial charge in [0.1, 0.15) is 5.69 Å². The minimum atomic E-state index is -0.593. The zero-order chi connectivity index (χ0) is 15.1. The van der Waals surface area contributed by atoms with E-state index < -0.39 is 5.91 Å². The molecule has 1 aromatic heterocycles. The molecule has 0 unspecified atom stereocenters. The second kappa shape index (κ2) is 7.13. The molecule has 3 N–H and O–H groups in total. The Bertz CT molecular complexity index is 585. The van der Waals surface area contributed by atoms with Crippen LogP contribution >= 0.6 is 0 Å². The molecule has 0 saturated carbocycles. The number of nitrogens with zero attached hydrogens (tertiary/aromatic N) is 1. The highest BCUT2D eigenvalue weighted by Crippen LogP contribution is 2.05. The van der Waals surface area contributed by atoms with Crippen LogP contribution in [0, 0.1) is 6.92 Å². The van der Waals surface area contributed by atoms with Crippen LogP contribution in [0.4, 0.5) is 0 Å². The molecule has 1 aromatic carbocycles. The van der Waals surface area contributed by atoms with Gasteiger partial charge in [-0.3, -0.25) is 19.7 Å². The van der Waals surface area contributed by atoms with Crippen LogP contribution in [-0.2, 0) is 0 Å². The smallest absolute Gasteiger partial charge is 0.270 e. The summed E-state index contributed by atoms with van der Waals surface area (Å²) in [6, 6.07) is 10.3. The molecular weight excluding hydrogens is 254 g/mol. The molecule has 0 fully saturated rings. The summed E-state index contributed by atoms with van der Waals surface area (Å²) >= 11 is 0. The number of amides is 2. The molecule has 0 spiro atoms. The van der Waals surface area contributed by atoms with E-state index in [-0.39, 0.29) is 11.6 Å². The average Bonchev–Trinajstić information content (AvgIpc) is 2.90. The number of hydrogen-bond donors (Lipinski definition) is 2. The van der Waals surface area contributed by atoms with Crippen LogP contribution in [0.15, 0.2) is 42.6 Å². The first-order chi connectivity index (χ1) is 9.58. The molecule has 2 aromatic rings. The lowest BCUT2D eigenvalue weighted by atomic mass is 10.1. The van der Waals surface area contributed by atoms with E-state index in [0.29, 0.717) is 5.56 Å². The van der Waals surface area contributed by atoms with E-state index in [4.69, 9.17) is 5.73 Å². The standard InChI is InChI=1S/C13H13N3O2.C2H6/c1-9-4-6-10(7-5-9)13(18)15-16-8-2-3-11(16)12(14)17;1-2/h2-8H,1H3,(H2,14,17)(H,15,18);1-2H3. The number of carbonyl (C=O) groups excluding carboxylic acids is 2. The first-order valence-electron chi connectivity index (χ1n) is 6.43. The van der Waals surface area contributed by atoms with Crippen molar-refractivity contribution in [1.29, 1.82) is 0 Å². The van der Waals surface area contributed by atoms with Crippen molar-refractivity contribution in [3.63, 3.8) is 0 Å². The fraction of sp³-hybridized carbons (Fsp3) is 0.200. The van der Waals surface area contributed by atoms with Crippen molar-refractivity contribution in [3.8, 4) is 0 Å². The van der Waals surface area contributed by atoms with Gasteiger partial charge >= 0.3 is 0 Å². The van der Waals surface area contributed by atoms with Crippen molar-refractivity contribution in [2.75, 3.05) is 5.43 Å². The molecule has 0 radical (unpaired) electrons. The van der Waals surface area contributed by atoms with E-state index in [0.717, 1.165) is 5.56 Å². The summed E-state index contributed by atoms with van der Waals surface area (Å²) in [7, 11) is 0. The number of nitrogens with one attached hydrogen (secondary N) is 1. The molecule has 0 aliphatic carbocycles. The molecule has 0 atom stereocenters. The van der Waals surface area contributed by atoms with Gasteiger partial charge in [0, 0.05) is 11.8 Å². The van der Waals surface area contributed by atoms with Crippen molar-refractivity contribution in [2.24, 2.45) is 5.73 Å². The van der Waals surface area contributed by atoms with Gasteiger partial charge < -0.3 is 5.73 Å². The highest BCUT2D eigenvalue weighted by atomic mass is 16.2. The number of aryl methyl sites for hydroxylation is 1. The SMILES string of the molecule is CC.Cc1ccc(C(=O)Nn2cccc2C(N)=O)cc1. The summed E-state index contributed by atoms with van der Waals surface area (Å²) in [6.45, 7) is 5.94. The Balaban J connectivity index is 0.000000956. The van der Waals surface area contributed by atoms with Crippen molar-refractivity contribution < 1.29 is 9.59 Å². The van der Waals surface area contributed by atoms with E-state index in [1.807, 2.05) is 32.9 Å². The number of benzene rings is 1. The summed E-state index contributed by atoms with van der Waals surface area (Å²) in [5.74, 6) is -0.891. The van der Waals surface area contributed by atoms with Crippen LogP contribution in [0.5, 0.6) is 0 Å². The first kappa shape index (κ1) is 15.5. The second-order valence-electron chi connectivity index (χ2n) is 3.93. The topological polar surface area (TPSA) is 77.1 Å². The van der Waals surface area contributed by atoms with Gasteiger partial charge in [-0.1, -0.05) is 31.5 Å². The number of rotatable bonds is 3. The Morgan fingerprint density at radius 1 is 1.10 bits per heavy atom. The van der Waals surface area contributed by atoms with Crippen molar-refractivity contribution in [1.82, 2.24) is 4.68 Å². The minimum absolute atomic E-state index is 0.232. The van der Waals surface area contributed by atoms with Crippen LogP contribution < -0.4 is 11.2 Å². The Morgan fingerprint density at radius 2 is 1.70 bits per heavy atom. The normalized spacial score (nSPS) is 9.35. The third-order valence-electron chi connectivity index (χ3n) is 2.54. The van der Waals surface area contributed by atoms with Gasteiger partial charge in [-0.25, -0.2) is 0 Å². The predicted molar refractivity (Wildman–Crippen MR) is 79.2 cm³/mol. The largest absolute Gasteiger partial charge is 0.364 e. The summed E-state index contributed by atoms with van der Waals surface area (Å²) in [5.41, 5.74) is 9.59. The van der Waals surface area contributed by atoms with Gasteiger partial charge in [0.05, 0.1) is 0 Å². The van der Waals surface area contributed by atoms with Gasteiger partial charge in [-0.15, -0.1) is 0 Å². The lowest BCUT2D eigenvalue weighted by Crippen LogP contribution is -2.27. The van der Waals surface area contributed by atoms with Gasteiger partial charge in [-0.05, 0) is 31.2 Å². The monoisotopic (exact) mass is 273 g/mol. The van der Waals surface area contributed by atoms with Crippen molar-refractivity contribution in [3.05, 3.63) is 59.4 Å². The molecule has 2 amide bonds. The molecule has 0 aliphatic rings. The van der Waals surface area contributed by atoms with E-state index >= 15 is 0 Å². The molecule has 106 valence electrons. The fourth-order valence-electron chi connectivity index (χ4n) is 1.56. The van der Waals surface area contributed by atoms with Crippen LogP contribution in [0.1, 0.15) is 40.3 Å². The maximum Gasteiger partial charge on any atom is 0.270 e. The third-order valence-corrected chi connectivity index (χ3v) is 2.54. The molecule has 2 rings (SSSR count). The Hall–Kier alpha value is -2.56. The van der Waals surface area contributed by atoms with Gasteiger partial charge in [0.25, 0.3) is 11.8 Å². The number of primary amides is 1. The lowest BCUT2D eigenvalue weighted by Gasteiger charge is -2.09. The van der Waals surface area contributed by atoms with Gasteiger partial charge in [0.15, 0.2) is 0 Å². The van der Waals surface area contributed by atoms with Crippen molar-refractivity contribution in [2.45, 2.75) is 20.8 Å². The summed E-state index contributed by atoms with van der Waals surface area (Å²) in [5, 5.41) is 0. The summed E-state index contributed by atoms with van der Waals surface area (Å²) < 4.78 is 1.31. The van der Waals surface area contributed by atoms with Gasteiger partial charge in [-0.2, -0.15) is 0 Å². The number of carbonyl (C=O) groups is 2. The number of nitrogens with two attached hydrogens (primary N) is 1. The molecule has 0 aliphatic heterocycles. The predicted octanol–water partition coefficient (Wildman–Crippen LogP) is 2.31. The van der Waals surface area contributed by atoms with E-state index in [9.17, 15) is 9.59 Å². The molecular formula is C15H19N3O2. The summed E-state index contributed by atoms with van der Waals surface area (Å²) in [4.78, 5) is 23.0. The highest BCUT2D eigenvalue weighted by molar-refractivity contribution is 6.01. The van der Waals surface area contributed by atoms with Crippen LogP contribution in [0.25, 0.3) is 0 Å². The quantitative estimate of drug-likeness (QED) is 0.900. The molecule has 5 heteroatoms. The van der Waals surface area contributed by atoms with Gasteiger partial charge in [0.2, 0.25) is 0 Å². The van der Waals surface area contributed by atoms with Crippen LogP contribution in [0.2, 0.25) is 0 Å². The third kappa shape index (κ3) is 3.71. The Kier molecular flexibility index (Phi) is 5.53. The van der Waals surface area contributed by atoms with E-state index in [1.165, 1.54) is 10.7 Å². The number of hydrogen-bond acceptors (Lipinski definition) is 2. The zero-order valence-corrected chi connectivity index (χ0v) is 11.9. The van der Waals surface area contributed by atoms with E-state index in [2.05, 4.69) is 5.43 Å². The van der Waals surface area contributed by atoms with Crippen molar-refractivity contribution >= 4 is 11.8 Å². The van der Waals surface area contributed by atoms with Crippen LogP contribution in [-0.4, -0.2) is 16.5 Å². The average molecular weight is 273 g/mol. The summed E-state index contributed by atoms with van der Waals surface area (Å²) in [6.07, 6.45) is 1.56. The highest BCUT2D eigenvalue weighted by Gasteiger charge is 2.10. The number of aromatic nitrogens is 1. The Labute approximate surface area is 118 Å². The Morgan fingerprint density at radius 3 is 2.25 bits per heavy atom. The fourth-order valence-corrected chi connectivity index (χ4v) is 1.56. The van der Waals surface area contributed by atoms with Crippen LogP contribution in [0.3, 0.4) is 0 Å². The molecule has 0 saturated heterocycles. The molecule has 0 bridgehead atoms. The first-order valence-corrected chi connectivity index (χ1v) is 6.43.